The molecule has 170 valence electrons. The lowest BCUT2D eigenvalue weighted by Crippen LogP contribution is -2.55. The van der Waals surface area contributed by atoms with Gasteiger partial charge in [-0.1, -0.05) is 26.8 Å². The Bertz CT molecular complexity index is 665. The van der Waals surface area contributed by atoms with Gasteiger partial charge in [-0.05, 0) is 29.7 Å². The minimum atomic E-state index is 0. The van der Waals surface area contributed by atoms with E-state index in [1.165, 1.54) is 11.3 Å². The number of piperazine rings is 1. The lowest BCUT2D eigenvalue weighted by Gasteiger charge is -2.39. The lowest BCUT2D eigenvalue weighted by atomic mass is 9.92. The summed E-state index contributed by atoms with van der Waals surface area (Å²) in [5, 5.41) is 5.66. The Morgan fingerprint density at radius 3 is 2.43 bits per heavy atom. The van der Waals surface area contributed by atoms with Crippen LogP contribution >= 0.6 is 35.3 Å². The van der Waals surface area contributed by atoms with Crippen molar-refractivity contribution in [3.05, 3.63) is 22.4 Å². The minimum absolute atomic E-state index is 0. The first-order valence-electron chi connectivity index (χ1n) is 10.9. The number of rotatable bonds is 5. The van der Waals surface area contributed by atoms with Gasteiger partial charge in [-0.25, -0.2) is 0 Å². The van der Waals surface area contributed by atoms with Crippen molar-refractivity contribution in [2.75, 3.05) is 59.4 Å². The molecule has 0 spiro atoms. The quantitative estimate of drug-likeness (QED) is 0.350. The second kappa shape index (κ2) is 12.2. The van der Waals surface area contributed by atoms with Crippen molar-refractivity contribution in [1.82, 2.24) is 20.0 Å². The summed E-state index contributed by atoms with van der Waals surface area (Å²) >= 11 is 1.81. The third-order valence-electron chi connectivity index (χ3n) is 6.06. The molecule has 1 aromatic rings. The zero-order valence-electron chi connectivity index (χ0n) is 18.8. The maximum Gasteiger partial charge on any atom is 0.236 e. The van der Waals surface area contributed by atoms with Gasteiger partial charge in [0.2, 0.25) is 5.91 Å². The van der Waals surface area contributed by atoms with E-state index in [1.807, 2.05) is 18.4 Å². The van der Waals surface area contributed by atoms with E-state index in [9.17, 15) is 4.79 Å². The van der Waals surface area contributed by atoms with E-state index >= 15 is 0 Å². The number of thiophene rings is 1. The number of likely N-dealkylation sites (tertiary alicyclic amines) is 1. The van der Waals surface area contributed by atoms with Crippen LogP contribution in [0, 0.1) is 11.8 Å². The Kier molecular flexibility index (Phi) is 10.4. The number of nitrogens with zero attached hydrogens (tertiary/aromatic N) is 4. The molecule has 2 aliphatic rings. The fraction of sp³-hybridized carbons (Fsp3) is 0.727. The molecule has 0 radical (unpaired) electrons. The Balaban J connectivity index is 0.00000320. The van der Waals surface area contributed by atoms with Gasteiger partial charge in [0.15, 0.2) is 5.96 Å². The molecule has 0 aromatic carbocycles. The average molecular weight is 548 g/mol. The summed E-state index contributed by atoms with van der Waals surface area (Å²) in [6, 6.07) is 4.30. The number of piperidine rings is 1. The van der Waals surface area contributed by atoms with Crippen LogP contribution in [0.2, 0.25) is 0 Å². The second-order valence-corrected chi connectivity index (χ2v) is 9.83. The number of guanidine groups is 1. The predicted octanol–water partition coefficient (Wildman–Crippen LogP) is 3.17. The lowest BCUT2D eigenvalue weighted by molar-refractivity contribution is -0.135. The smallest absolute Gasteiger partial charge is 0.236 e. The molecule has 0 aliphatic carbocycles. The highest BCUT2D eigenvalue weighted by Gasteiger charge is 2.28. The SMILES string of the molecule is CN=C(NCC(C)c1cccs1)N1CCN(CC(=O)N2CC(C)CC(C)C2)CC1.I. The zero-order valence-corrected chi connectivity index (χ0v) is 22.0. The molecule has 3 rings (SSSR count). The minimum Gasteiger partial charge on any atom is -0.356 e. The summed E-state index contributed by atoms with van der Waals surface area (Å²) < 4.78 is 0. The van der Waals surface area contributed by atoms with Crippen molar-refractivity contribution in [2.45, 2.75) is 33.1 Å². The summed E-state index contributed by atoms with van der Waals surface area (Å²) in [4.78, 5) is 25.3. The average Bonchev–Trinajstić information content (AvgIpc) is 3.23. The standard InChI is InChI=1S/C22H37N5OS.HI/c1-17-12-18(2)15-27(14-17)21(28)16-25-7-9-26(10-8-25)22(23-4)24-13-19(3)20-6-5-11-29-20;/h5-6,11,17-19H,7-10,12-16H2,1-4H3,(H,23,24);1H. The molecular weight excluding hydrogens is 509 g/mol. The summed E-state index contributed by atoms with van der Waals surface area (Å²) in [5.41, 5.74) is 0. The molecule has 30 heavy (non-hydrogen) atoms. The number of aliphatic imine (C=N–C) groups is 1. The molecule has 1 N–H and O–H groups in total. The molecule has 2 saturated heterocycles. The highest BCUT2D eigenvalue weighted by molar-refractivity contribution is 14.0. The van der Waals surface area contributed by atoms with Gasteiger partial charge in [0.05, 0.1) is 6.54 Å². The van der Waals surface area contributed by atoms with Gasteiger partial charge in [-0.2, -0.15) is 0 Å². The molecule has 6 nitrogen and oxygen atoms in total. The molecule has 0 bridgehead atoms. The van der Waals surface area contributed by atoms with Crippen molar-refractivity contribution in [3.63, 3.8) is 0 Å². The molecule has 2 aliphatic heterocycles. The Morgan fingerprint density at radius 1 is 1.20 bits per heavy atom. The van der Waals surface area contributed by atoms with E-state index in [1.54, 1.807) is 0 Å². The molecule has 2 fully saturated rings. The summed E-state index contributed by atoms with van der Waals surface area (Å²) in [6.07, 6.45) is 1.24. The van der Waals surface area contributed by atoms with Crippen molar-refractivity contribution in [3.8, 4) is 0 Å². The number of halogens is 1. The van der Waals surface area contributed by atoms with Crippen LogP contribution in [0.4, 0.5) is 0 Å². The van der Waals surface area contributed by atoms with E-state index in [0.29, 0.717) is 30.2 Å². The van der Waals surface area contributed by atoms with Crippen molar-refractivity contribution in [2.24, 2.45) is 16.8 Å². The van der Waals surface area contributed by atoms with Crippen LogP contribution in [0.5, 0.6) is 0 Å². The maximum absolute atomic E-state index is 12.8. The molecule has 3 atom stereocenters. The first-order chi connectivity index (χ1) is 14.0. The van der Waals surface area contributed by atoms with E-state index < -0.39 is 0 Å². The second-order valence-electron chi connectivity index (χ2n) is 8.85. The van der Waals surface area contributed by atoms with Gasteiger partial charge in [-0.3, -0.25) is 14.7 Å². The molecule has 3 heterocycles. The first-order valence-corrected chi connectivity index (χ1v) is 11.8. The molecule has 1 amide bonds. The van der Waals surface area contributed by atoms with Crippen molar-refractivity contribution >= 4 is 47.2 Å². The van der Waals surface area contributed by atoms with Gasteiger partial charge < -0.3 is 15.1 Å². The number of hydrogen-bond donors (Lipinski definition) is 1. The molecule has 0 saturated carbocycles. The summed E-state index contributed by atoms with van der Waals surface area (Å²) in [7, 11) is 1.85. The first kappa shape index (κ1) is 25.4. The Hall–Kier alpha value is -0.870. The highest BCUT2D eigenvalue weighted by Crippen LogP contribution is 2.21. The summed E-state index contributed by atoms with van der Waals surface area (Å²) in [5.74, 6) is 2.97. The van der Waals surface area contributed by atoms with Crippen LogP contribution in [-0.4, -0.2) is 86.0 Å². The summed E-state index contributed by atoms with van der Waals surface area (Å²) in [6.45, 7) is 13.7. The van der Waals surface area contributed by atoms with Gasteiger partial charge in [0.1, 0.15) is 0 Å². The third-order valence-corrected chi connectivity index (χ3v) is 7.16. The van der Waals surface area contributed by atoms with Crippen LogP contribution in [-0.2, 0) is 4.79 Å². The van der Waals surface area contributed by atoms with Crippen molar-refractivity contribution in [1.29, 1.82) is 0 Å². The Labute approximate surface area is 203 Å². The molecule has 8 heteroatoms. The van der Waals surface area contributed by atoms with E-state index in [0.717, 1.165) is 51.8 Å². The van der Waals surface area contributed by atoms with Crippen molar-refractivity contribution < 1.29 is 4.79 Å². The normalized spacial score (nSPS) is 24.3. The Morgan fingerprint density at radius 2 is 1.87 bits per heavy atom. The highest BCUT2D eigenvalue weighted by atomic mass is 127. The number of amides is 1. The topological polar surface area (TPSA) is 51.2 Å². The van der Waals surface area contributed by atoms with Crippen LogP contribution in [0.1, 0.15) is 38.0 Å². The van der Waals surface area contributed by atoms with E-state index in [2.05, 4.69) is 63.3 Å². The fourth-order valence-electron chi connectivity index (χ4n) is 4.52. The van der Waals surface area contributed by atoms with Crippen LogP contribution in [0.3, 0.4) is 0 Å². The van der Waals surface area contributed by atoms with Crippen LogP contribution < -0.4 is 5.32 Å². The fourth-order valence-corrected chi connectivity index (χ4v) is 5.31. The maximum atomic E-state index is 12.8. The monoisotopic (exact) mass is 547 g/mol. The number of hydrogen-bond acceptors (Lipinski definition) is 4. The molecule has 1 aromatic heterocycles. The molecular formula is C22H38IN5OS. The number of carbonyl (C=O) groups is 1. The van der Waals surface area contributed by atoms with Gasteiger partial charge in [0.25, 0.3) is 0 Å². The van der Waals surface area contributed by atoms with Crippen LogP contribution in [0.15, 0.2) is 22.5 Å². The number of carbonyl (C=O) groups excluding carboxylic acids is 1. The number of nitrogens with one attached hydrogen (secondary N) is 1. The van der Waals surface area contributed by atoms with E-state index in [-0.39, 0.29) is 24.0 Å². The predicted molar refractivity (Wildman–Crippen MR) is 137 cm³/mol. The van der Waals surface area contributed by atoms with Gasteiger partial charge in [0, 0.05) is 63.7 Å². The van der Waals surface area contributed by atoms with Gasteiger partial charge in [-0.15, -0.1) is 35.3 Å². The van der Waals surface area contributed by atoms with E-state index in [4.69, 9.17) is 0 Å². The van der Waals surface area contributed by atoms with Crippen LogP contribution in [0.25, 0.3) is 0 Å². The largest absolute Gasteiger partial charge is 0.356 e. The molecule has 3 unspecified atom stereocenters. The zero-order chi connectivity index (χ0) is 20.8. The van der Waals surface area contributed by atoms with Gasteiger partial charge >= 0.3 is 0 Å². The third kappa shape index (κ3) is 7.09.